The van der Waals surface area contributed by atoms with Crippen molar-refractivity contribution in [2.75, 3.05) is 13.2 Å². The van der Waals surface area contributed by atoms with Crippen molar-refractivity contribution in [2.45, 2.75) is 83.6 Å². The molecule has 0 saturated carbocycles. The van der Waals surface area contributed by atoms with Crippen molar-refractivity contribution < 1.29 is 23.7 Å². The summed E-state index contributed by atoms with van der Waals surface area (Å²) < 4.78 is 22.4. The number of rotatable bonds is 7. The molecule has 0 bridgehead atoms. The Morgan fingerprint density at radius 1 is 0.905 bits per heavy atom. The average Bonchev–Trinajstić information content (AvgIpc) is 2.89. The van der Waals surface area contributed by atoms with Gasteiger partial charge in [0.05, 0.1) is 25.4 Å². The predicted octanol–water partition coefficient (Wildman–Crippen LogP) is 2.81. The molecule has 2 rings (SSSR count). The number of ether oxygens (including phenoxy) is 4. The van der Waals surface area contributed by atoms with Crippen LogP contribution in [0.1, 0.15) is 59.8 Å². The largest absolute Gasteiger partial charge is 0.348 e. The van der Waals surface area contributed by atoms with E-state index in [2.05, 4.69) is 0 Å². The van der Waals surface area contributed by atoms with Crippen molar-refractivity contribution >= 4 is 5.78 Å². The van der Waals surface area contributed by atoms with Gasteiger partial charge in [0, 0.05) is 12.8 Å². The van der Waals surface area contributed by atoms with Crippen LogP contribution in [0.25, 0.3) is 0 Å². The van der Waals surface area contributed by atoms with Crippen LogP contribution < -0.4 is 0 Å². The fraction of sp³-hybridized carbons (Fsp3) is 0.938. The molecule has 0 spiro atoms. The summed E-state index contributed by atoms with van der Waals surface area (Å²) >= 11 is 0. The van der Waals surface area contributed by atoms with Gasteiger partial charge in [0.2, 0.25) is 0 Å². The molecule has 21 heavy (non-hydrogen) atoms. The zero-order valence-corrected chi connectivity index (χ0v) is 13.6. The summed E-state index contributed by atoms with van der Waals surface area (Å²) in [6.45, 7) is 8.86. The van der Waals surface area contributed by atoms with Crippen LogP contribution in [0.2, 0.25) is 0 Å². The Labute approximate surface area is 127 Å². The Hall–Kier alpha value is -0.490. The number of hydrogen-bond acceptors (Lipinski definition) is 5. The van der Waals surface area contributed by atoms with Crippen LogP contribution in [0.5, 0.6) is 0 Å². The van der Waals surface area contributed by atoms with Gasteiger partial charge in [0.15, 0.2) is 11.6 Å². The second-order valence-electron chi connectivity index (χ2n) is 6.87. The zero-order valence-electron chi connectivity index (χ0n) is 13.6. The van der Waals surface area contributed by atoms with Gasteiger partial charge in [0.25, 0.3) is 0 Å². The molecule has 0 amide bonds. The Kier molecular flexibility index (Phi) is 5.41. The van der Waals surface area contributed by atoms with E-state index in [1.54, 1.807) is 0 Å². The number of carbonyl (C=O) groups is 1. The van der Waals surface area contributed by atoms with E-state index in [0.717, 1.165) is 19.3 Å². The van der Waals surface area contributed by atoms with Gasteiger partial charge in [-0.25, -0.2) is 0 Å². The molecule has 0 radical (unpaired) electrons. The van der Waals surface area contributed by atoms with Crippen molar-refractivity contribution in [3.63, 3.8) is 0 Å². The van der Waals surface area contributed by atoms with Gasteiger partial charge < -0.3 is 18.9 Å². The summed E-state index contributed by atoms with van der Waals surface area (Å²) in [6, 6.07) is 0. The highest BCUT2D eigenvalue weighted by atomic mass is 16.7. The Morgan fingerprint density at radius 3 is 1.90 bits per heavy atom. The minimum Gasteiger partial charge on any atom is -0.348 e. The van der Waals surface area contributed by atoms with Crippen LogP contribution in [0.3, 0.4) is 0 Å². The number of Topliss-reactive ketones (excluding diaryl/α,β-unsaturated/α-hetero) is 1. The summed E-state index contributed by atoms with van der Waals surface area (Å²) in [6.07, 6.45) is 3.84. The van der Waals surface area contributed by atoms with E-state index in [0.29, 0.717) is 31.8 Å². The van der Waals surface area contributed by atoms with E-state index in [1.165, 1.54) is 0 Å². The Morgan fingerprint density at radius 2 is 1.43 bits per heavy atom. The van der Waals surface area contributed by atoms with Gasteiger partial charge >= 0.3 is 0 Å². The number of ketones is 1. The molecule has 2 fully saturated rings. The zero-order chi connectivity index (χ0) is 15.5. The third-order valence-corrected chi connectivity index (χ3v) is 3.86. The Bertz CT molecular complexity index is 364. The first-order chi connectivity index (χ1) is 9.76. The van der Waals surface area contributed by atoms with Gasteiger partial charge in [-0.1, -0.05) is 0 Å². The van der Waals surface area contributed by atoms with Crippen molar-refractivity contribution in [3.05, 3.63) is 0 Å². The third-order valence-electron chi connectivity index (χ3n) is 3.86. The minimum atomic E-state index is -0.500. The molecule has 0 aromatic rings. The van der Waals surface area contributed by atoms with Crippen LogP contribution in [0, 0.1) is 0 Å². The maximum absolute atomic E-state index is 11.9. The second-order valence-corrected chi connectivity index (χ2v) is 6.87. The minimum absolute atomic E-state index is 0.0521. The van der Waals surface area contributed by atoms with E-state index in [4.69, 9.17) is 18.9 Å². The standard InChI is InChI=1S/C16H28O5/c1-15(2)18-10-13(20-15)7-5-6-12(17)8-9-14-11-19-16(3,4)21-14/h13-14H,5-11H2,1-4H3/t13-,14-/m0/s1. The lowest BCUT2D eigenvalue weighted by Gasteiger charge is -2.17. The van der Waals surface area contributed by atoms with Gasteiger partial charge in [-0.05, 0) is 47.0 Å². The lowest BCUT2D eigenvalue weighted by atomic mass is 10.1. The van der Waals surface area contributed by atoms with Gasteiger partial charge in [0.1, 0.15) is 5.78 Å². The highest BCUT2D eigenvalue weighted by Crippen LogP contribution is 2.26. The summed E-state index contributed by atoms with van der Waals surface area (Å²) in [5.74, 6) is -0.678. The fourth-order valence-corrected chi connectivity index (χ4v) is 2.78. The number of hydrogen-bond donors (Lipinski definition) is 0. The summed E-state index contributed by atoms with van der Waals surface area (Å²) in [5.41, 5.74) is 0. The van der Waals surface area contributed by atoms with Crippen LogP contribution in [-0.4, -0.2) is 42.8 Å². The van der Waals surface area contributed by atoms with Crippen molar-refractivity contribution in [1.29, 1.82) is 0 Å². The quantitative estimate of drug-likeness (QED) is 0.723. The molecule has 0 aromatic carbocycles. The molecule has 5 nitrogen and oxygen atoms in total. The van der Waals surface area contributed by atoms with Crippen molar-refractivity contribution in [1.82, 2.24) is 0 Å². The molecule has 122 valence electrons. The van der Waals surface area contributed by atoms with E-state index in [9.17, 15) is 4.79 Å². The molecule has 0 aliphatic carbocycles. The van der Waals surface area contributed by atoms with Crippen molar-refractivity contribution in [3.8, 4) is 0 Å². The van der Waals surface area contributed by atoms with Crippen LogP contribution in [0.4, 0.5) is 0 Å². The molecule has 2 heterocycles. The highest BCUT2D eigenvalue weighted by molar-refractivity contribution is 5.78. The predicted molar refractivity (Wildman–Crippen MR) is 77.9 cm³/mol. The first-order valence-electron chi connectivity index (χ1n) is 7.91. The summed E-state index contributed by atoms with van der Waals surface area (Å²) in [7, 11) is 0. The normalized spacial score (nSPS) is 30.7. The molecular formula is C16H28O5. The SMILES string of the molecule is CC1(C)OC[C@H](CCCC(=O)CC[C@H]2COC(C)(C)O2)O1. The van der Waals surface area contributed by atoms with Gasteiger partial charge in [-0.2, -0.15) is 0 Å². The monoisotopic (exact) mass is 300 g/mol. The van der Waals surface area contributed by atoms with Crippen LogP contribution in [0.15, 0.2) is 0 Å². The molecule has 2 aliphatic heterocycles. The smallest absolute Gasteiger partial charge is 0.163 e. The maximum Gasteiger partial charge on any atom is 0.163 e. The first-order valence-corrected chi connectivity index (χ1v) is 7.91. The number of carbonyl (C=O) groups excluding carboxylic acids is 1. The summed E-state index contributed by atoms with van der Waals surface area (Å²) in [4.78, 5) is 11.9. The topological polar surface area (TPSA) is 54.0 Å². The lowest BCUT2D eigenvalue weighted by molar-refractivity contribution is -0.141. The Balaban J connectivity index is 1.54. The molecule has 0 aromatic heterocycles. The molecule has 0 unspecified atom stereocenters. The van der Waals surface area contributed by atoms with E-state index in [1.807, 2.05) is 27.7 Å². The van der Waals surface area contributed by atoms with Crippen LogP contribution >= 0.6 is 0 Å². The fourth-order valence-electron chi connectivity index (χ4n) is 2.78. The third kappa shape index (κ3) is 5.66. The van der Waals surface area contributed by atoms with Gasteiger partial charge in [-0.15, -0.1) is 0 Å². The highest BCUT2D eigenvalue weighted by Gasteiger charge is 2.33. The molecule has 2 saturated heterocycles. The maximum atomic E-state index is 11.9. The van der Waals surface area contributed by atoms with E-state index < -0.39 is 11.6 Å². The molecule has 2 aliphatic rings. The lowest BCUT2D eigenvalue weighted by Crippen LogP contribution is -2.22. The first kappa shape index (κ1) is 16.9. The average molecular weight is 300 g/mol. The summed E-state index contributed by atoms with van der Waals surface area (Å²) in [5, 5.41) is 0. The molecule has 2 atom stereocenters. The van der Waals surface area contributed by atoms with Crippen molar-refractivity contribution in [2.24, 2.45) is 0 Å². The van der Waals surface area contributed by atoms with E-state index in [-0.39, 0.29) is 12.2 Å². The van der Waals surface area contributed by atoms with E-state index >= 15 is 0 Å². The molecule has 0 N–H and O–H groups in total. The second kappa shape index (κ2) is 6.73. The van der Waals surface area contributed by atoms with Crippen LogP contribution in [-0.2, 0) is 23.7 Å². The molecule has 5 heteroatoms. The molecular weight excluding hydrogens is 272 g/mol. The van der Waals surface area contributed by atoms with Gasteiger partial charge in [-0.3, -0.25) is 4.79 Å².